The van der Waals surface area contributed by atoms with Gasteiger partial charge < -0.3 is 5.73 Å². The first-order valence-corrected chi connectivity index (χ1v) is 4.49. The van der Waals surface area contributed by atoms with Gasteiger partial charge in [0.05, 0.1) is 0 Å². The van der Waals surface area contributed by atoms with E-state index >= 15 is 0 Å². The van der Waals surface area contributed by atoms with E-state index in [0.717, 1.165) is 18.4 Å². The van der Waals surface area contributed by atoms with Crippen LogP contribution >= 0.6 is 0 Å². The molecule has 2 rings (SSSR count). The minimum atomic E-state index is 0.623. The van der Waals surface area contributed by atoms with Gasteiger partial charge in [0.15, 0.2) is 0 Å². The number of hydrogen-bond donors (Lipinski definition) is 1. The number of nitrogens with two attached hydrogens (primary N) is 1. The molecule has 10 heavy (non-hydrogen) atoms. The minimum absolute atomic E-state index is 0.623. The molecular weight excluding hydrogens is 122 g/mol. The second kappa shape index (κ2) is 1.97. The molecule has 2 aliphatic rings. The lowest BCUT2D eigenvalue weighted by Gasteiger charge is -2.34. The van der Waals surface area contributed by atoms with Crippen LogP contribution in [0.15, 0.2) is 0 Å². The van der Waals surface area contributed by atoms with Gasteiger partial charge in [-0.05, 0) is 43.1 Å². The van der Waals surface area contributed by atoms with E-state index in [4.69, 9.17) is 5.73 Å². The van der Waals surface area contributed by atoms with E-state index < -0.39 is 0 Å². The molecular formula is C9H17N. The Kier molecular flexibility index (Phi) is 1.31. The lowest BCUT2D eigenvalue weighted by molar-refractivity contribution is 0.177. The zero-order chi connectivity index (χ0) is 7.19. The Morgan fingerprint density at radius 3 is 2.20 bits per heavy atom. The molecule has 0 aliphatic heterocycles. The standard InChI is InChI=1S/C9H17N/c1-7-5-9(7,6-10)8-3-2-4-8/h7-8H,2-6,10H2,1H3. The Morgan fingerprint density at radius 2 is 2.10 bits per heavy atom. The fourth-order valence-electron chi connectivity index (χ4n) is 2.51. The fraction of sp³-hybridized carbons (Fsp3) is 1.00. The molecule has 0 aromatic heterocycles. The monoisotopic (exact) mass is 139 g/mol. The molecule has 0 saturated heterocycles. The van der Waals surface area contributed by atoms with E-state index in [1.165, 1.54) is 25.7 Å². The minimum Gasteiger partial charge on any atom is -0.330 e. The quantitative estimate of drug-likeness (QED) is 0.620. The second-order valence-electron chi connectivity index (χ2n) is 4.17. The molecule has 0 heterocycles. The molecule has 1 nitrogen and oxygen atoms in total. The third-order valence-corrected chi connectivity index (χ3v) is 3.81. The van der Waals surface area contributed by atoms with Crippen LogP contribution in [0.5, 0.6) is 0 Å². The highest BCUT2D eigenvalue weighted by atomic mass is 14.7. The summed E-state index contributed by atoms with van der Waals surface area (Å²) in [6, 6.07) is 0. The maximum absolute atomic E-state index is 5.77. The first-order valence-electron chi connectivity index (χ1n) is 4.49. The summed E-state index contributed by atoms with van der Waals surface area (Å²) in [4.78, 5) is 0. The van der Waals surface area contributed by atoms with Crippen LogP contribution in [-0.2, 0) is 0 Å². The van der Waals surface area contributed by atoms with Crippen LogP contribution < -0.4 is 5.73 Å². The Labute approximate surface area is 63.0 Å². The Balaban J connectivity index is 1.99. The van der Waals surface area contributed by atoms with Gasteiger partial charge in [-0.2, -0.15) is 0 Å². The van der Waals surface area contributed by atoms with E-state index in [0.29, 0.717) is 5.41 Å². The molecule has 2 aliphatic carbocycles. The molecule has 0 spiro atoms. The summed E-state index contributed by atoms with van der Waals surface area (Å²) in [6.07, 6.45) is 5.79. The van der Waals surface area contributed by atoms with Gasteiger partial charge in [-0.3, -0.25) is 0 Å². The van der Waals surface area contributed by atoms with Gasteiger partial charge in [-0.1, -0.05) is 13.3 Å². The highest BCUT2D eigenvalue weighted by Gasteiger charge is 2.56. The van der Waals surface area contributed by atoms with Gasteiger partial charge in [0.1, 0.15) is 0 Å². The average Bonchev–Trinajstić information content (AvgIpc) is 2.39. The zero-order valence-electron chi connectivity index (χ0n) is 6.77. The summed E-state index contributed by atoms with van der Waals surface area (Å²) in [5.74, 6) is 1.94. The average molecular weight is 139 g/mol. The van der Waals surface area contributed by atoms with Crippen LogP contribution in [-0.4, -0.2) is 6.54 Å². The smallest absolute Gasteiger partial charge is 0.00152 e. The van der Waals surface area contributed by atoms with E-state index in [2.05, 4.69) is 6.92 Å². The third-order valence-electron chi connectivity index (χ3n) is 3.81. The zero-order valence-corrected chi connectivity index (χ0v) is 6.77. The van der Waals surface area contributed by atoms with Crippen molar-refractivity contribution in [1.82, 2.24) is 0 Å². The van der Waals surface area contributed by atoms with Crippen molar-refractivity contribution in [2.24, 2.45) is 23.0 Å². The molecule has 2 N–H and O–H groups in total. The predicted octanol–water partition coefficient (Wildman–Crippen LogP) is 1.77. The lowest BCUT2D eigenvalue weighted by Crippen LogP contribution is -2.31. The highest BCUT2D eigenvalue weighted by Crippen LogP contribution is 2.61. The van der Waals surface area contributed by atoms with Crippen molar-refractivity contribution < 1.29 is 0 Å². The van der Waals surface area contributed by atoms with Crippen LogP contribution in [0.4, 0.5) is 0 Å². The SMILES string of the molecule is CC1CC1(CN)C1CCC1. The molecule has 1 heteroatoms. The van der Waals surface area contributed by atoms with E-state index in [1.807, 2.05) is 0 Å². The van der Waals surface area contributed by atoms with Crippen LogP contribution in [0.25, 0.3) is 0 Å². The maximum atomic E-state index is 5.77. The summed E-state index contributed by atoms with van der Waals surface area (Å²) in [6.45, 7) is 3.30. The molecule has 0 aromatic carbocycles. The Bertz CT molecular complexity index is 136. The Hall–Kier alpha value is -0.0400. The van der Waals surface area contributed by atoms with E-state index in [1.54, 1.807) is 0 Å². The molecule has 2 unspecified atom stereocenters. The second-order valence-corrected chi connectivity index (χ2v) is 4.17. The van der Waals surface area contributed by atoms with Crippen LogP contribution in [0, 0.1) is 17.3 Å². The molecule has 2 saturated carbocycles. The topological polar surface area (TPSA) is 26.0 Å². The van der Waals surface area contributed by atoms with Gasteiger partial charge in [0, 0.05) is 0 Å². The van der Waals surface area contributed by atoms with Crippen molar-refractivity contribution in [3.8, 4) is 0 Å². The molecule has 2 fully saturated rings. The van der Waals surface area contributed by atoms with Gasteiger partial charge >= 0.3 is 0 Å². The summed E-state index contributed by atoms with van der Waals surface area (Å²) in [7, 11) is 0. The maximum Gasteiger partial charge on any atom is -0.00152 e. The number of hydrogen-bond acceptors (Lipinski definition) is 1. The number of rotatable bonds is 2. The van der Waals surface area contributed by atoms with Crippen molar-refractivity contribution in [3.05, 3.63) is 0 Å². The molecule has 0 radical (unpaired) electrons. The third kappa shape index (κ3) is 0.672. The van der Waals surface area contributed by atoms with Crippen molar-refractivity contribution in [3.63, 3.8) is 0 Å². The van der Waals surface area contributed by atoms with Crippen LogP contribution in [0.3, 0.4) is 0 Å². The normalized spacial score (nSPS) is 46.8. The van der Waals surface area contributed by atoms with Gasteiger partial charge in [0.2, 0.25) is 0 Å². The lowest BCUT2D eigenvalue weighted by atomic mass is 9.72. The predicted molar refractivity (Wildman–Crippen MR) is 42.6 cm³/mol. The van der Waals surface area contributed by atoms with Crippen molar-refractivity contribution in [2.45, 2.75) is 32.6 Å². The molecule has 0 amide bonds. The van der Waals surface area contributed by atoms with Crippen LogP contribution in [0.2, 0.25) is 0 Å². The first kappa shape index (κ1) is 6.66. The van der Waals surface area contributed by atoms with Crippen LogP contribution in [0.1, 0.15) is 32.6 Å². The largest absolute Gasteiger partial charge is 0.330 e. The van der Waals surface area contributed by atoms with Gasteiger partial charge in [-0.25, -0.2) is 0 Å². The fourth-order valence-corrected chi connectivity index (χ4v) is 2.51. The first-order chi connectivity index (χ1) is 4.79. The Morgan fingerprint density at radius 1 is 1.50 bits per heavy atom. The summed E-state index contributed by atoms with van der Waals surface area (Å²) in [5, 5.41) is 0. The molecule has 0 aromatic rings. The van der Waals surface area contributed by atoms with Crippen molar-refractivity contribution in [1.29, 1.82) is 0 Å². The van der Waals surface area contributed by atoms with E-state index in [-0.39, 0.29) is 0 Å². The summed E-state index contributed by atoms with van der Waals surface area (Å²) in [5.41, 5.74) is 6.39. The van der Waals surface area contributed by atoms with Gasteiger partial charge in [0.25, 0.3) is 0 Å². The van der Waals surface area contributed by atoms with Gasteiger partial charge in [-0.15, -0.1) is 0 Å². The van der Waals surface area contributed by atoms with Crippen molar-refractivity contribution in [2.75, 3.05) is 6.54 Å². The van der Waals surface area contributed by atoms with Crippen molar-refractivity contribution >= 4 is 0 Å². The molecule has 58 valence electrons. The summed E-state index contributed by atoms with van der Waals surface area (Å²) < 4.78 is 0. The molecule has 2 atom stereocenters. The van der Waals surface area contributed by atoms with E-state index in [9.17, 15) is 0 Å². The summed E-state index contributed by atoms with van der Waals surface area (Å²) >= 11 is 0. The molecule has 0 bridgehead atoms. The highest BCUT2D eigenvalue weighted by molar-refractivity contribution is 5.06.